The minimum absolute atomic E-state index is 0.0892. The van der Waals surface area contributed by atoms with Crippen LogP contribution in [-0.4, -0.2) is 52.3 Å². The van der Waals surface area contributed by atoms with Gasteiger partial charge in [-0.3, -0.25) is 4.79 Å². The minimum atomic E-state index is -2.11. The third kappa shape index (κ3) is 3.58. The first kappa shape index (κ1) is 26.3. The Hall–Kier alpha value is -3.91. The number of hydrogen-bond acceptors (Lipinski definition) is 4. The Morgan fingerprint density at radius 3 is 2.12 bits per heavy atom. The van der Waals surface area contributed by atoms with Crippen LogP contribution in [0, 0.1) is 0 Å². The standard InChI is InChI=1S/C32H38N6OSi/c1-18(2)40(19(3)4,20(5)6)38-17-23(21-13-10-12-16-25(21)38)30(39)29-28-27(35-32(36-28)37(7)8)26-22-14-9-11-15-24(22)33-31(26)34-29/h9-20H,1-8H3,(H,33,34)(H,35,36). The maximum atomic E-state index is 14.6. The SMILES string of the molecule is CC(C)[Si](C(C)C)(C(C)C)n1cc(C(=O)c2nc3[nH]c4ccccc4c3c3nc(N(C)C)[nH]c23)c2ccccc21. The van der Waals surface area contributed by atoms with E-state index in [9.17, 15) is 4.79 Å². The molecule has 0 radical (unpaired) electrons. The molecule has 0 spiro atoms. The summed E-state index contributed by atoms with van der Waals surface area (Å²) in [5, 5.41) is 2.95. The zero-order chi connectivity index (χ0) is 28.5. The average molecular weight is 551 g/mol. The van der Waals surface area contributed by atoms with E-state index in [1.54, 1.807) is 0 Å². The highest BCUT2D eigenvalue weighted by Crippen LogP contribution is 2.45. The molecule has 0 bridgehead atoms. The van der Waals surface area contributed by atoms with Gasteiger partial charge in [0.15, 0.2) is 8.24 Å². The Labute approximate surface area is 235 Å². The minimum Gasteiger partial charge on any atom is -0.373 e. The van der Waals surface area contributed by atoms with E-state index in [2.05, 4.69) is 86.2 Å². The van der Waals surface area contributed by atoms with Crippen LogP contribution in [0.5, 0.6) is 0 Å². The second kappa shape index (κ2) is 9.33. The monoisotopic (exact) mass is 550 g/mol. The summed E-state index contributed by atoms with van der Waals surface area (Å²) >= 11 is 0. The van der Waals surface area contributed by atoms with E-state index < -0.39 is 8.24 Å². The molecular formula is C32H38N6OSi. The van der Waals surface area contributed by atoms with Gasteiger partial charge in [0.05, 0.1) is 10.9 Å². The number of pyridine rings is 1. The molecule has 0 saturated heterocycles. The Kier molecular flexibility index (Phi) is 6.14. The van der Waals surface area contributed by atoms with Gasteiger partial charge in [-0.1, -0.05) is 77.9 Å². The molecule has 0 atom stereocenters. The summed E-state index contributed by atoms with van der Waals surface area (Å²) in [6.45, 7) is 14.1. The normalized spacial score (nSPS) is 12.8. The number of carbonyl (C=O) groups is 1. The lowest BCUT2D eigenvalue weighted by molar-refractivity contribution is 0.103. The van der Waals surface area contributed by atoms with Gasteiger partial charge in [-0.2, -0.15) is 0 Å². The van der Waals surface area contributed by atoms with E-state index in [0.29, 0.717) is 45.0 Å². The third-order valence-corrected chi connectivity index (χ3v) is 15.6. The lowest BCUT2D eigenvalue weighted by Gasteiger charge is -2.44. The number of nitrogens with one attached hydrogen (secondary N) is 2. The number of ketones is 1. The van der Waals surface area contributed by atoms with Crippen molar-refractivity contribution in [2.24, 2.45) is 0 Å². The van der Waals surface area contributed by atoms with Gasteiger partial charge in [0.1, 0.15) is 16.9 Å². The van der Waals surface area contributed by atoms with Crippen LogP contribution < -0.4 is 4.90 Å². The van der Waals surface area contributed by atoms with Crippen LogP contribution >= 0.6 is 0 Å². The number of aromatic amines is 2. The fourth-order valence-electron chi connectivity index (χ4n) is 7.35. The molecule has 4 aromatic heterocycles. The van der Waals surface area contributed by atoms with Gasteiger partial charge in [0.25, 0.3) is 0 Å². The second-order valence-electron chi connectivity index (χ2n) is 12.1. The van der Waals surface area contributed by atoms with Crippen molar-refractivity contribution in [3.63, 3.8) is 0 Å². The first-order chi connectivity index (χ1) is 19.1. The molecule has 0 aliphatic carbocycles. The quantitative estimate of drug-likeness (QED) is 0.156. The molecule has 2 N–H and O–H groups in total. The molecule has 0 unspecified atom stereocenters. The zero-order valence-corrected chi connectivity index (χ0v) is 25.6. The number of fused-ring (bicyclic) bond motifs is 6. The molecule has 2 aromatic carbocycles. The molecule has 40 heavy (non-hydrogen) atoms. The Morgan fingerprint density at radius 1 is 0.850 bits per heavy atom. The molecule has 8 heteroatoms. The Balaban J connectivity index is 1.66. The van der Waals surface area contributed by atoms with Crippen molar-refractivity contribution < 1.29 is 4.79 Å². The predicted octanol–water partition coefficient (Wildman–Crippen LogP) is 7.87. The largest absolute Gasteiger partial charge is 0.373 e. The third-order valence-electron chi connectivity index (χ3n) is 8.86. The first-order valence-corrected chi connectivity index (χ1v) is 16.4. The highest BCUT2D eigenvalue weighted by molar-refractivity contribution is 6.82. The van der Waals surface area contributed by atoms with E-state index >= 15 is 0 Å². The summed E-state index contributed by atoms with van der Waals surface area (Å²) in [6, 6.07) is 16.5. The number of hydrogen-bond donors (Lipinski definition) is 2. The van der Waals surface area contributed by atoms with Crippen LogP contribution in [0.25, 0.3) is 43.9 Å². The van der Waals surface area contributed by atoms with E-state index in [1.165, 1.54) is 0 Å². The summed E-state index contributed by atoms with van der Waals surface area (Å²) in [7, 11) is 1.78. The van der Waals surface area contributed by atoms with Crippen molar-refractivity contribution in [3.8, 4) is 0 Å². The second-order valence-corrected chi connectivity index (χ2v) is 17.9. The van der Waals surface area contributed by atoms with Crippen LogP contribution in [0.3, 0.4) is 0 Å². The Morgan fingerprint density at radius 2 is 1.48 bits per heavy atom. The molecule has 0 saturated carbocycles. The highest BCUT2D eigenvalue weighted by Gasteiger charge is 2.46. The number of rotatable bonds is 7. The van der Waals surface area contributed by atoms with Crippen molar-refractivity contribution in [2.45, 2.75) is 58.2 Å². The fraction of sp³-hybridized carbons (Fsp3) is 0.344. The van der Waals surface area contributed by atoms with Crippen molar-refractivity contribution in [3.05, 3.63) is 66.0 Å². The van der Waals surface area contributed by atoms with Gasteiger partial charge in [-0.25, -0.2) is 9.97 Å². The van der Waals surface area contributed by atoms with Crippen molar-refractivity contribution in [1.29, 1.82) is 0 Å². The number of aromatic nitrogens is 5. The van der Waals surface area contributed by atoms with E-state index in [1.807, 2.05) is 43.3 Å². The number of H-pyrrole nitrogens is 2. The first-order valence-electron chi connectivity index (χ1n) is 14.2. The lowest BCUT2D eigenvalue weighted by Crippen LogP contribution is -2.51. The summed E-state index contributed by atoms with van der Waals surface area (Å²) in [5.74, 6) is 0.602. The van der Waals surface area contributed by atoms with Crippen LogP contribution in [-0.2, 0) is 0 Å². The van der Waals surface area contributed by atoms with Crippen LogP contribution in [0.15, 0.2) is 54.7 Å². The van der Waals surface area contributed by atoms with Gasteiger partial charge in [0, 0.05) is 47.7 Å². The number of benzene rings is 2. The average Bonchev–Trinajstić information content (AvgIpc) is 3.61. The van der Waals surface area contributed by atoms with Crippen molar-refractivity contribution in [2.75, 3.05) is 19.0 Å². The van der Waals surface area contributed by atoms with E-state index in [-0.39, 0.29) is 5.78 Å². The molecular weight excluding hydrogens is 512 g/mol. The highest BCUT2D eigenvalue weighted by atomic mass is 28.3. The number of anilines is 1. The van der Waals surface area contributed by atoms with Crippen LogP contribution in [0.1, 0.15) is 57.6 Å². The molecule has 0 aliphatic rings. The molecule has 0 amide bonds. The fourth-order valence-corrected chi connectivity index (χ4v) is 14.0. The summed E-state index contributed by atoms with van der Waals surface area (Å²) in [6.07, 6.45) is 2.14. The number of carbonyl (C=O) groups excluding carboxylic acids is 1. The maximum absolute atomic E-state index is 14.6. The van der Waals surface area contributed by atoms with Gasteiger partial charge in [-0.05, 0) is 28.8 Å². The van der Waals surface area contributed by atoms with E-state index in [0.717, 1.165) is 32.7 Å². The van der Waals surface area contributed by atoms with Gasteiger partial charge in [-0.15, -0.1) is 0 Å². The van der Waals surface area contributed by atoms with Gasteiger partial charge in [0.2, 0.25) is 11.7 Å². The van der Waals surface area contributed by atoms with Crippen LogP contribution in [0.2, 0.25) is 16.6 Å². The van der Waals surface area contributed by atoms with E-state index in [4.69, 9.17) is 9.97 Å². The number of para-hydroxylation sites is 2. The molecule has 6 aromatic rings. The summed E-state index contributed by atoms with van der Waals surface area (Å²) in [4.78, 5) is 33.3. The smallest absolute Gasteiger partial charge is 0.215 e. The summed E-state index contributed by atoms with van der Waals surface area (Å²) in [5.41, 5.74) is 6.78. The number of imidazole rings is 1. The van der Waals surface area contributed by atoms with Gasteiger partial charge < -0.3 is 19.1 Å². The molecule has 4 heterocycles. The van der Waals surface area contributed by atoms with Crippen LogP contribution in [0.4, 0.5) is 5.95 Å². The molecule has 6 rings (SSSR count). The zero-order valence-electron chi connectivity index (χ0n) is 24.6. The van der Waals surface area contributed by atoms with Gasteiger partial charge >= 0.3 is 0 Å². The molecule has 7 nitrogen and oxygen atoms in total. The molecule has 0 fully saturated rings. The topological polar surface area (TPSA) is 82.6 Å². The molecule has 206 valence electrons. The molecule has 0 aliphatic heterocycles. The lowest BCUT2D eigenvalue weighted by atomic mass is 10.0. The Bertz CT molecular complexity index is 1880. The predicted molar refractivity (Wildman–Crippen MR) is 169 cm³/mol. The van der Waals surface area contributed by atoms with Crippen molar-refractivity contribution >= 4 is 63.8 Å². The van der Waals surface area contributed by atoms with Crippen molar-refractivity contribution in [1.82, 2.24) is 24.2 Å². The summed E-state index contributed by atoms with van der Waals surface area (Å²) < 4.78 is 2.52. The maximum Gasteiger partial charge on any atom is 0.215 e. The number of nitrogens with zero attached hydrogens (tertiary/aromatic N) is 4.